The van der Waals surface area contributed by atoms with Gasteiger partial charge in [0.25, 0.3) is 0 Å². The summed E-state index contributed by atoms with van der Waals surface area (Å²) in [7, 11) is -4.04. The molecule has 0 aliphatic rings. The zero-order valence-electron chi connectivity index (χ0n) is 11.6. The Morgan fingerprint density at radius 1 is 1.13 bits per heavy atom. The molecular weight excluding hydrogens is 341 g/mol. The lowest BCUT2D eigenvalue weighted by Crippen LogP contribution is -2.16. The summed E-state index contributed by atoms with van der Waals surface area (Å²) in [5.41, 5.74) is 1.30. The van der Waals surface area contributed by atoms with E-state index in [9.17, 15) is 12.8 Å². The van der Waals surface area contributed by atoms with E-state index in [1.165, 1.54) is 41.2 Å². The summed E-state index contributed by atoms with van der Waals surface area (Å²) >= 11 is 6.26. The molecule has 0 atom stereocenters. The first kappa shape index (κ1) is 15.7. The Hall–Kier alpha value is -2.22. The van der Waals surface area contributed by atoms with Crippen molar-refractivity contribution in [1.82, 2.24) is 9.78 Å². The number of aromatic nitrogens is 2. The molecule has 2 aromatic carbocycles. The van der Waals surface area contributed by atoms with Crippen LogP contribution in [0, 0.1) is 5.82 Å². The molecule has 0 saturated heterocycles. The molecule has 0 saturated carbocycles. The van der Waals surface area contributed by atoms with Crippen LogP contribution in [0.4, 0.5) is 4.39 Å². The third kappa shape index (κ3) is 3.12. The number of benzene rings is 2. The maximum absolute atomic E-state index is 13.0. The summed E-state index contributed by atoms with van der Waals surface area (Å²) in [5.74, 6) is -0.389. The molecule has 3 rings (SSSR count). The number of rotatable bonds is 3. The van der Waals surface area contributed by atoms with E-state index in [1.807, 2.05) is 0 Å². The summed E-state index contributed by atoms with van der Waals surface area (Å²) in [5, 5.41) is 9.48. The number of primary sulfonamides is 1. The molecular formula is C15H11ClFN3O2S. The highest BCUT2D eigenvalue weighted by Crippen LogP contribution is 2.33. The van der Waals surface area contributed by atoms with Crippen molar-refractivity contribution in [3.8, 4) is 16.8 Å². The Bertz CT molecular complexity index is 955. The molecule has 5 nitrogen and oxygen atoms in total. The summed E-state index contributed by atoms with van der Waals surface area (Å²) in [6.07, 6.45) is 3.06. The van der Waals surface area contributed by atoms with E-state index in [4.69, 9.17) is 16.7 Å². The van der Waals surface area contributed by atoms with Crippen molar-refractivity contribution in [3.05, 3.63) is 65.7 Å². The summed E-state index contributed by atoms with van der Waals surface area (Å²) in [6.45, 7) is 0. The van der Waals surface area contributed by atoms with Gasteiger partial charge in [-0.2, -0.15) is 5.10 Å². The first-order valence-electron chi connectivity index (χ1n) is 6.48. The van der Waals surface area contributed by atoms with Crippen molar-refractivity contribution in [3.63, 3.8) is 0 Å². The van der Waals surface area contributed by atoms with Crippen LogP contribution in [0.15, 0.2) is 59.8 Å². The van der Waals surface area contributed by atoms with Gasteiger partial charge in [0.15, 0.2) is 0 Å². The minimum Gasteiger partial charge on any atom is -0.238 e. The molecule has 1 heterocycles. The maximum atomic E-state index is 13.0. The van der Waals surface area contributed by atoms with Gasteiger partial charge in [-0.3, -0.25) is 0 Å². The highest BCUT2D eigenvalue weighted by atomic mass is 35.5. The van der Waals surface area contributed by atoms with Crippen LogP contribution in [0.3, 0.4) is 0 Å². The van der Waals surface area contributed by atoms with E-state index in [0.29, 0.717) is 11.1 Å². The largest absolute Gasteiger partial charge is 0.240 e. The lowest BCUT2D eigenvalue weighted by atomic mass is 10.1. The number of hydrogen-bond donors (Lipinski definition) is 1. The second-order valence-electron chi connectivity index (χ2n) is 4.81. The molecule has 23 heavy (non-hydrogen) atoms. The molecule has 0 amide bonds. The van der Waals surface area contributed by atoms with Crippen molar-refractivity contribution in [2.24, 2.45) is 5.14 Å². The number of halogens is 2. The minimum atomic E-state index is -4.04. The number of nitrogens with zero attached hydrogens (tertiary/aromatic N) is 2. The van der Waals surface area contributed by atoms with Crippen LogP contribution in [-0.4, -0.2) is 18.2 Å². The average molecular weight is 352 g/mol. The molecule has 2 N–H and O–H groups in total. The zero-order chi connectivity index (χ0) is 16.6. The van der Waals surface area contributed by atoms with Crippen molar-refractivity contribution in [2.75, 3.05) is 0 Å². The van der Waals surface area contributed by atoms with Gasteiger partial charge in [0.1, 0.15) is 16.4 Å². The Morgan fingerprint density at radius 2 is 1.83 bits per heavy atom. The molecule has 0 spiro atoms. The Morgan fingerprint density at radius 3 is 2.39 bits per heavy atom. The minimum absolute atomic E-state index is 0.159. The van der Waals surface area contributed by atoms with Crippen LogP contribution in [-0.2, 0) is 10.0 Å². The van der Waals surface area contributed by atoms with E-state index in [-0.39, 0.29) is 21.4 Å². The van der Waals surface area contributed by atoms with Crippen molar-refractivity contribution >= 4 is 21.6 Å². The molecule has 0 fully saturated rings. The van der Waals surface area contributed by atoms with Crippen molar-refractivity contribution in [2.45, 2.75) is 4.90 Å². The van der Waals surface area contributed by atoms with E-state index < -0.39 is 10.0 Å². The average Bonchev–Trinajstić information content (AvgIpc) is 3.00. The topological polar surface area (TPSA) is 78.0 Å². The van der Waals surface area contributed by atoms with Crippen LogP contribution in [0.5, 0.6) is 0 Å². The van der Waals surface area contributed by atoms with E-state index in [0.717, 1.165) is 0 Å². The lowest BCUT2D eigenvalue weighted by Gasteiger charge is -2.13. The fraction of sp³-hybridized carbons (Fsp3) is 0. The first-order chi connectivity index (χ1) is 10.9. The second kappa shape index (κ2) is 5.77. The molecule has 0 bridgehead atoms. The van der Waals surface area contributed by atoms with E-state index >= 15 is 0 Å². The van der Waals surface area contributed by atoms with Crippen LogP contribution in [0.2, 0.25) is 5.02 Å². The second-order valence-corrected chi connectivity index (χ2v) is 6.74. The Labute approximate surface area is 137 Å². The highest BCUT2D eigenvalue weighted by molar-refractivity contribution is 7.89. The molecule has 3 aromatic rings. The van der Waals surface area contributed by atoms with Gasteiger partial charge < -0.3 is 0 Å². The zero-order valence-corrected chi connectivity index (χ0v) is 13.2. The predicted octanol–water partition coefficient (Wildman–Crippen LogP) is 2.98. The lowest BCUT2D eigenvalue weighted by molar-refractivity contribution is 0.596. The van der Waals surface area contributed by atoms with Gasteiger partial charge in [0, 0.05) is 12.4 Å². The van der Waals surface area contributed by atoms with Crippen LogP contribution in [0.1, 0.15) is 0 Å². The third-order valence-electron chi connectivity index (χ3n) is 3.25. The van der Waals surface area contributed by atoms with Crippen LogP contribution in [0.25, 0.3) is 16.8 Å². The predicted molar refractivity (Wildman–Crippen MR) is 85.3 cm³/mol. The van der Waals surface area contributed by atoms with Gasteiger partial charge in [0.05, 0.1) is 5.02 Å². The monoisotopic (exact) mass is 351 g/mol. The quantitative estimate of drug-likeness (QED) is 0.788. The summed E-state index contributed by atoms with van der Waals surface area (Å²) < 4.78 is 38.3. The highest BCUT2D eigenvalue weighted by Gasteiger charge is 2.20. The molecule has 1 aromatic heterocycles. The van der Waals surface area contributed by atoms with Gasteiger partial charge in [-0.15, -0.1) is 0 Å². The molecule has 8 heteroatoms. The first-order valence-corrected chi connectivity index (χ1v) is 8.41. The number of sulfonamides is 1. The maximum Gasteiger partial charge on any atom is 0.240 e. The van der Waals surface area contributed by atoms with Crippen molar-refractivity contribution < 1.29 is 12.8 Å². The fourth-order valence-corrected chi connectivity index (χ4v) is 3.35. The van der Waals surface area contributed by atoms with Gasteiger partial charge in [0.2, 0.25) is 10.0 Å². The SMILES string of the molecule is NS(=O)(=O)c1cc(-c2ccc(F)cc2)cc(Cl)c1-n1cccn1. The summed E-state index contributed by atoms with van der Waals surface area (Å²) in [6, 6.07) is 10.2. The van der Waals surface area contributed by atoms with Gasteiger partial charge in [-0.05, 0) is 41.5 Å². The standard InChI is InChI=1S/C15H11ClFN3O2S/c16-13-8-11(10-2-4-12(17)5-3-10)9-14(23(18,21)22)15(13)20-7-1-6-19-20/h1-9H,(H2,18,21,22). The number of nitrogens with two attached hydrogens (primary N) is 1. The van der Waals surface area contributed by atoms with Crippen molar-refractivity contribution in [1.29, 1.82) is 0 Å². The Kier molecular flexibility index (Phi) is 3.93. The molecule has 0 unspecified atom stereocenters. The summed E-state index contributed by atoms with van der Waals surface area (Å²) in [4.78, 5) is -0.159. The van der Waals surface area contributed by atoms with Gasteiger partial charge in [-0.1, -0.05) is 23.7 Å². The smallest absolute Gasteiger partial charge is 0.238 e. The molecule has 0 radical (unpaired) electrons. The van der Waals surface area contributed by atoms with Crippen LogP contribution >= 0.6 is 11.6 Å². The molecule has 0 aliphatic heterocycles. The van der Waals surface area contributed by atoms with Gasteiger partial charge >= 0.3 is 0 Å². The number of hydrogen-bond acceptors (Lipinski definition) is 3. The third-order valence-corrected chi connectivity index (χ3v) is 4.46. The molecule has 118 valence electrons. The van der Waals surface area contributed by atoms with Gasteiger partial charge in [-0.25, -0.2) is 22.6 Å². The Balaban J connectivity index is 2.27. The molecule has 0 aliphatic carbocycles. The van der Waals surface area contributed by atoms with Crippen LogP contribution < -0.4 is 5.14 Å². The van der Waals surface area contributed by atoms with E-state index in [1.54, 1.807) is 18.3 Å². The van der Waals surface area contributed by atoms with E-state index in [2.05, 4.69) is 5.10 Å². The fourth-order valence-electron chi connectivity index (χ4n) is 2.22. The normalized spacial score (nSPS) is 11.6.